The third kappa shape index (κ3) is 2.57. The van der Waals surface area contributed by atoms with Crippen LogP contribution in [0.15, 0.2) is 48.5 Å². The fourth-order valence-corrected chi connectivity index (χ4v) is 3.21. The molecule has 0 bridgehead atoms. The van der Waals surface area contributed by atoms with Gasteiger partial charge in [-0.25, -0.2) is 0 Å². The van der Waals surface area contributed by atoms with Crippen molar-refractivity contribution in [3.63, 3.8) is 0 Å². The maximum Gasteiger partial charge on any atom is 0.234 e. The number of rotatable bonds is 4. The van der Waals surface area contributed by atoms with Crippen molar-refractivity contribution >= 4 is 5.91 Å². The van der Waals surface area contributed by atoms with Crippen LogP contribution in [-0.4, -0.2) is 19.6 Å². The summed E-state index contributed by atoms with van der Waals surface area (Å²) in [5.74, 6) is 0.670. The van der Waals surface area contributed by atoms with Crippen LogP contribution < -0.4 is 15.8 Å². The predicted octanol–water partition coefficient (Wildman–Crippen LogP) is 1.76. The molecule has 2 aromatic rings. The van der Waals surface area contributed by atoms with Gasteiger partial charge in [-0.3, -0.25) is 4.79 Å². The van der Waals surface area contributed by atoms with Crippen LogP contribution in [0.25, 0.3) is 0 Å². The zero-order valence-corrected chi connectivity index (χ0v) is 12.6. The number of carbonyl (C=O) groups excluding carboxylic acids is 1. The molecule has 2 aromatic carbocycles. The van der Waals surface area contributed by atoms with E-state index in [0.29, 0.717) is 0 Å². The number of nitrogens with one attached hydrogen (secondary N) is 1. The number of fused-ring (bicyclic) bond motifs is 1. The molecule has 1 aliphatic rings. The Kier molecular flexibility index (Phi) is 3.86. The molecular weight excluding hydrogens is 276 g/mol. The zero-order valence-electron chi connectivity index (χ0n) is 12.6. The number of hydrogen-bond acceptors (Lipinski definition) is 3. The second-order valence-electron chi connectivity index (χ2n) is 5.69. The van der Waals surface area contributed by atoms with E-state index in [2.05, 4.69) is 17.4 Å². The van der Waals surface area contributed by atoms with Gasteiger partial charge in [-0.1, -0.05) is 36.4 Å². The third-order valence-corrected chi connectivity index (χ3v) is 4.31. The van der Waals surface area contributed by atoms with Gasteiger partial charge in [0.05, 0.1) is 19.2 Å². The van der Waals surface area contributed by atoms with Gasteiger partial charge in [-0.05, 0) is 28.8 Å². The molecule has 0 saturated carbocycles. The van der Waals surface area contributed by atoms with Gasteiger partial charge in [-0.2, -0.15) is 0 Å². The van der Waals surface area contributed by atoms with Gasteiger partial charge < -0.3 is 15.8 Å². The fourth-order valence-electron chi connectivity index (χ4n) is 3.21. The molecule has 4 heteroatoms. The quantitative estimate of drug-likeness (QED) is 0.903. The van der Waals surface area contributed by atoms with Crippen LogP contribution in [0.3, 0.4) is 0 Å². The Morgan fingerprint density at radius 1 is 1.14 bits per heavy atom. The lowest BCUT2D eigenvalue weighted by Crippen LogP contribution is -2.48. The van der Waals surface area contributed by atoms with Crippen LogP contribution in [-0.2, 0) is 23.2 Å². The number of methoxy groups -OCH3 is 1. The highest BCUT2D eigenvalue weighted by atomic mass is 16.5. The second-order valence-corrected chi connectivity index (χ2v) is 5.69. The van der Waals surface area contributed by atoms with E-state index in [0.717, 1.165) is 24.2 Å². The summed E-state index contributed by atoms with van der Waals surface area (Å²) in [6.45, 7) is -0.00570. The summed E-state index contributed by atoms with van der Waals surface area (Å²) < 4.78 is 5.22. The lowest BCUT2D eigenvalue weighted by molar-refractivity contribution is -0.121. The van der Waals surface area contributed by atoms with E-state index in [9.17, 15) is 4.79 Å². The largest absolute Gasteiger partial charge is 0.497 e. The lowest BCUT2D eigenvalue weighted by atomic mass is 9.86. The molecule has 0 aromatic heterocycles. The van der Waals surface area contributed by atoms with Gasteiger partial charge >= 0.3 is 0 Å². The minimum Gasteiger partial charge on any atom is -0.497 e. The van der Waals surface area contributed by atoms with Crippen molar-refractivity contribution in [2.45, 2.75) is 18.4 Å². The van der Waals surface area contributed by atoms with Gasteiger partial charge in [0.15, 0.2) is 0 Å². The van der Waals surface area contributed by atoms with E-state index in [1.807, 2.05) is 36.4 Å². The molecule has 0 atom stereocenters. The van der Waals surface area contributed by atoms with Gasteiger partial charge in [0.1, 0.15) is 5.75 Å². The highest BCUT2D eigenvalue weighted by molar-refractivity contribution is 5.79. The van der Waals surface area contributed by atoms with Gasteiger partial charge in [-0.15, -0.1) is 0 Å². The standard InChI is InChI=1S/C18H20N2O2/c1-22-16-8-6-15(7-9-16)18(20-17(21)12-19)10-13-4-2-3-5-14(13)11-18/h2-9H,10-12,19H2,1H3,(H,20,21). The van der Waals surface area contributed by atoms with Crippen LogP contribution in [0.2, 0.25) is 0 Å². The maximum atomic E-state index is 12.0. The maximum absolute atomic E-state index is 12.0. The molecule has 1 amide bonds. The van der Waals surface area contributed by atoms with Crippen LogP contribution in [0, 0.1) is 0 Å². The van der Waals surface area contributed by atoms with E-state index in [1.165, 1.54) is 11.1 Å². The average molecular weight is 296 g/mol. The number of hydrogen-bond donors (Lipinski definition) is 2. The fraction of sp³-hybridized carbons (Fsp3) is 0.278. The summed E-state index contributed by atoms with van der Waals surface area (Å²) in [5, 5.41) is 3.14. The minimum atomic E-state index is -0.424. The van der Waals surface area contributed by atoms with Gasteiger partial charge in [0.25, 0.3) is 0 Å². The summed E-state index contributed by atoms with van der Waals surface area (Å²) in [6.07, 6.45) is 1.56. The third-order valence-electron chi connectivity index (χ3n) is 4.31. The highest BCUT2D eigenvalue weighted by Gasteiger charge is 2.39. The molecule has 4 nitrogen and oxygen atoms in total. The molecule has 0 fully saturated rings. The number of nitrogens with two attached hydrogens (primary N) is 1. The lowest BCUT2D eigenvalue weighted by Gasteiger charge is -2.31. The van der Waals surface area contributed by atoms with Crippen molar-refractivity contribution in [3.05, 3.63) is 65.2 Å². The Morgan fingerprint density at radius 3 is 2.23 bits per heavy atom. The Bertz CT molecular complexity index is 655. The smallest absolute Gasteiger partial charge is 0.234 e. The molecule has 22 heavy (non-hydrogen) atoms. The Hall–Kier alpha value is -2.33. The van der Waals surface area contributed by atoms with E-state index >= 15 is 0 Å². The van der Waals surface area contributed by atoms with Gasteiger partial charge in [0.2, 0.25) is 5.91 Å². The first-order valence-electron chi connectivity index (χ1n) is 7.39. The summed E-state index contributed by atoms with van der Waals surface area (Å²) in [4.78, 5) is 12.0. The van der Waals surface area contributed by atoms with Crippen LogP contribution in [0.4, 0.5) is 0 Å². The zero-order chi connectivity index (χ0) is 15.6. The molecule has 0 aliphatic heterocycles. The first-order valence-corrected chi connectivity index (χ1v) is 7.39. The Labute approximate surface area is 130 Å². The number of amides is 1. The molecular formula is C18H20N2O2. The number of ether oxygens (including phenoxy) is 1. The summed E-state index contributed by atoms with van der Waals surface area (Å²) in [6, 6.07) is 16.2. The first-order chi connectivity index (χ1) is 10.7. The van der Waals surface area contributed by atoms with E-state index < -0.39 is 5.54 Å². The first kappa shape index (κ1) is 14.6. The van der Waals surface area contributed by atoms with Crippen LogP contribution in [0.5, 0.6) is 5.75 Å². The van der Waals surface area contributed by atoms with Crippen molar-refractivity contribution in [2.75, 3.05) is 13.7 Å². The average Bonchev–Trinajstić information content (AvgIpc) is 2.94. The topological polar surface area (TPSA) is 64.3 Å². The number of carbonyl (C=O) groups is 1. The van der Waals surface area contributed by atoms with E-state index in [4.69, 9.17) is 10.5 Å². The molecule has 0 radical (unpaired) electrons. The summed E-state index contributed by atoms with van der Waals surface area (Å²) in [5.41, 5.74) is 8.70. The molecule has 114 valence electrons. The number of benzene rings is 2. The highest BCUT2D eigenvalue weighted by Crippen LogP contribution is 2.38. The summed E-state index contributed by atoms with van der Waals surface area (Å²) >= 11 is 0. The molecule has 0 spiro atoms. The normalized spacial score (nSPS) is 15.2. The summed E-state index contributed by atoms with van der Waals surface area (Å²) in [7, 11) is 1.65. The van der Waals surface area contributed by atoms with Crippen molar-refractivity contribution in [1.29, 1.82) is 0 Å². The minimum absolute atomic E-state index is 0.00570. The SMILES string of the molecule is COc1ccc(C2(NC(=O)CN)Cc3ccccc3C2)cc1. The van der Waals surface area contributed by atoms with Crippen LogP contribution >= 0.6 is 0 Å². The van der Waals surface area contributed by atoms with Crippen molar-refractivity contribution < 1.29 is 9.53 Å². The molecule has 0 unspecified atom stereocenters. The van der Waals surface area contributed by atoms with Crippen LogP contribution in [0.1, 0.15) is 16.7 Å². The predicted molar refractivity (Wildman–Crippen MR) is 85.7 cm³/mol. The molecule has 0 heterocycles. The van der Waals surface area contributed by atoms with E-state index in [-0.39, 0.29) is 12.5 Å². The van der Waals surface area contributed by atoms with Gasteiger partial charge in [0, 0.05) is 12.8 Å². The van der Waals surface area contributed by atoms with Crippen molar-refractivity contribution in [2.24, 2.45) is 5.73 Å². The van der Waals surface area contributed by atoms with E-state index in [1.54, 1.807) is 7.11 Å². The Morgan fingerprint density at radius 2 is 1.73 bits per heavy atom. The van der Waals surface area contributed by atoms with Crippen molar-refractivity contribution in [3.8, 4) is 5.75 Å². The molecule has 1 aliphatic carbocycles. The molecule has 3 N–H and O–H groups in total. The van der Waals surface area contributed by atoms with Crippen molar-refractivity contribution in [1.82, 2.24) is 5.32 Å². The Balaban J connectivity index is 1.99. The monoisotopic (exact) mass is 296 g/mol. The second kappa shape index (κ2) is 5.81. The molecule has 3 rings (SSSR count). The molecule has 0 saturated heterocycles.